The third kappa shape index (κ3) is 3.67. The average Bonchev–Trinajstić information content (AvgIpc) is 1.98. The highest BCUT2D eigenvalue weighted by Gasteiger charge is 2.14. The summed E-state index contributed by atoms with van der Waals surface area (Å²) in [6.45, 7) is 0. The van der Waals surface area contributed by atoms with Gasteiger partial charge in [-0.05, 0) is 6.42 Å². The molecule has 68 valence electrons. The second kappa shape index (κ2) is 4.45. The Morgan fingerprint density at radius 1 is 1.17 bits per heavy atom. The SMILES string of the molecule is O=C([O-])CCC(=O)C(O)C(=O)[O-]. The number of ketones is 1. The molecule has 0 aromatic carbocycles. The summed E-state index contributed by atoms with van der Waals surface area (Å²) in [7, 11) is 0. The van der Waals surface area contributed by atoms with Gasteiger partial charge in [-0.3, -0.25) is 4.79 Å². The molecule has 0 spiro atoms. The molecule has 6 nitrogen and oxygen atoms in total. The fourth-order valence-electron chi connectivity index (χ4n) is 0.493. The van der Waals surface area contributed by atoms with Gasteiger partial charge in [-0.15, -0.1) is 0 Å². The van der Waals surface area contributed by atoms with Crippen molar-refractivity contribution in [3.63, 3.8) is 0 Å². The summed E-state index contributed by atoms with van der Waals surface area (Å²) in [5.41, 5.74) is 0. The number of aliphatic hydroxyl groups excluding tert-OH is 1. The van der Waals surface area contributed by atoms with Gasteiger partial charge in [0.1, 0.15) is 0 Å². The second-order valence-corrected chi connectivity index (χ2v) is 2.06. The van der Waals surface area contributed by atoms with Gasteiger partial charge in [0, 0.05) is 12.4 Å². The number of carboxylic acids is 2. The van der Waals surface area contributed by atoms with Crippen LogP contribution in [0, 0.1) is 0 Å². The van der Waals surface area contributed by atoms with Crippen LogP contribution in [0.15, 0.2) is 0 Å². The van der Waals surface area contributed by atoms with Crippen molar-refractivity contribution < 1.29 is 29.7 Å². The molecule has 0 bridgehead atoms. The molecule has 12 heavy (non-hydrogen) atoms. The summed E-state index contributed by atoms with van der Waals surface area (Å²) in [4.78, 5) is 30.2. The molecule has 0 aromatic rings. The molecular formula is C6H6O6-2. The van der Waals surface area contributed by atoms with E-state index in [1.807, 2.05) is 0 Å². The number of hydrogen-bond donors (Lipinski definition) is 1. The van der Waals surface area contributed by atoms with Gasteiger partial charge in [0.05, 0.1) is 5.97 Å². The molecule has 0 amide bonds. The fourth-order valence-corrected chi connectivity index (χ4v) is 0.493. The van der Waals surface area contributed by atoms with Crippen molar-refractivity contribution in [1.29, 1.82) is 0 Å². The Labute approximate surface area is 67.4 Å². The van der Waals surface area contributed by atoms with Crippen molar-refractivity contribution in [2.75, 3.05) is 0 Å². The van der Waals surface area contributed by atoms with Crippen molar-refractivity contribution in [2.24, 2.45) is 0 Å². The van der Waals surface area contributed by atoms with Crippen LogP contribution in [0.25, 0.3) is 0 Å². The first kappa shape index (κ1) is 10.6. The molecule has 0 aliphatic carbocycles. The number of carbonyl (C=O) groups is 3. The molecule has 0 radical (unpaired) electrons. The number of aliphatic carboxylic acids is 2. The maximum absolute atomic E-state index is 10.5. The molecule has 0 aromatic heterocycles. The summed E-state index contributed by atoms with van der Waals surface area (Å²) in [5, 5.41) is 28.1. The van der Waals surface area contributed by atoms with Crippen molar-refractivity contribution in [2.45, 2.75) is 18.9 Å². The largest absolute Gasteiger partial charge is 0.550 e. The van der Waals surface area contributed by atoms with Crippen molar-refractivity contribution >= 4 is 17.7 Å². The van der Waals surface area contributed by atoms with Crippen molar-refractivity contribution in [3.8, 4) is 0 Å². The minimum absolute atomic E-state index is 0.572. The molecule has 1 N–H and O–H groups in total. The molecule has 0 saturated carbocycles. The van der Waals surface area contributed by atoms with Crippen LogP contribution in [0.2, 0.25) is 0 Å². The van der Waals surface area contributed by atoms with E-state index in [-0.39, 0.29) is 0 Å². The van der Waals surface area contributed by atoms with Crippen LogP contribution >= 0.6 is 0 Å². The number of carboxylic acid groups (broad SMARTS) is 2. The summed E-state index contributed by atoms with van der Waals surface area (Å²) >= 11 is 0. The van der Waals surface area contributed by atoms with Gasteiger partial charge in [-0.25, -0.2) is 0 Å². The third-order valence-electron chi connectivity index (χ3n) is 1.10. The second-order valence-electron chi connectivity index (χ2n) is 2.06. The summed E-state index contributed by atoms with van der Waals surface area (Å²) in [5.74, 6) is -4.51. The van der Waals surface area contributed by atoms with Gasteiger partial charge < -0.3 is 24.9 Å². The summed E-state index contributed by atoms with van der Waals surface area (Å²) < 4.78 is 0. The molecule has 0 aliphatic heterocycles. The maximum atomic E-state index is 10.5. The zero-order valence-corrected chi connectivity index (χ0v) is 5.98. The van der Waals surface area contributed by atoms with E-state index in [1.165, 1.54) is 0 Å². The van der Waals surface area contributed by atoms with Crippen molar-refractivity contribution in [1.82, 2.24) is 0 Å². The minimum Gasteiger partial charge on any atom is -0.550 e. The van der Waals surface area contributed by atoms with E-state index in [0.717, 1.165) is 0 Å². The first-order valence-corrected chi connectivity index (χ1v) is 3.06. The van der Waals surface area contributed by atoms with Gasteiger partial charge in [-0.1, -0.05) is 0 Å². The van der Waals surface area contributed by atoms with E-state index in [0.29, 0.717) is 0 Å². The highest BCUT2D eigenvalue weighted by atomic mass is 16.4. The first-order valence-electron chi connectivity index (χ1n) is 3.06. The van der Waals surface area contributed by atoms with Gasteiger partial charge >= 0.3 is 0 Å². The van der Waals surface area contributed by atoms with E-state index in [2.05, 4.69) is 0 Å². The van der Waals surface area contributed by atoms with Crippen LogP contribution in [0.5, 0.6) is 0 Å². The molecule has 0 aliphatic rings. The smallest absolute Gasteiger partial charge is 0.167 e. The van der Waals surface area contributed by atoms with Crippen LogP contribution in [0.4, 0.5) is 0 Å². The Bertz CT molecular complexity index is 208. The zero-order chi connectivity index (χ0) is 9.72. The zero-order valence-electron chi connectivity index (χ0n) is 5.98. The van der Waals surface area contributed by atoms with Crippen LogP contribution in [-0.4, -0.2) is 28.9 Å². The Morgan fingerprint density at radius 2 is 1.67 bits per heavy atom. The number of hydrogen-bond acceptors (Lipinski definition) is 6. The van der Waals surface area contributed by atoms with E-state index in [9.17, 15) is 24.6 Å². The molecule has 0 heterocycles. The summed E-state index contributed by atoms with van der Waals surface area (Å²) in [6, 6.07) is 0. The number of Topliss-reactive ketones (excluding diaryl/α,β-unsaturated/α-hetero) is 1. The van der Waals surface area contributed by atoms with Gasteiger partial charge in [-0.2, -0.15) is 0 Å². The van der Waals surface area contributed by atoms with E-state index in [1.54, 1.807) is 0 Å². The highest BCUT2D eigenvalue weighted by molar-refractivity contribution is 6.00. The first-order chi connectivity index (χ1) is 5.45. The standard InChI is InChI=1S/C6H8O6/c7-3(1-2-4(8)9)5(10)6(11)12/h5,10H,1-2H2,(H,8,9)(H,11,12)/p-2. The third-order valence-corrected chi connectivity index (χ3v) is 1.10. The number of carbonyl (C=O) groups excluding carboxylic acids is 3. The lowest BCUT2D eigenvalue weighted by atomic mass is 10.1. The number of aliphatic hydroxyl groups is 1. The monoisotopic (exact) mass is 174 g/mol. The molecule has 0 rings (SSSR count). The minimum atomic E-state index is -2.25. The Balaban J connectivity index is 3.88. The lowest BCUT2D eigenvalue weighted by Crippen LogP contribution is -2.41. The van der Waals surface area contributed by atoms with Crippen molar-refractivity contribution in [3.05, 3.63) is 0 Å². The Kier molecular flexibility index (Phi) is 3.92. The van der Waals surface area contributed by atoms with Gasteiger partial charge in [0.25, 0.3) is 0 Å². The predicted octanol–water partition coefficient (Wildman–Crippen LogP) is -3.80. The van der Waals surface area contributed by atoms with Crippen LogP contribution in [0.3, 0.4) is 0 Å². The molecule has 0 fully saturated rings. The topological polar surface area (TPSA) is 118 Å². The summed E-state index contributed by atoms with van der Waals surface area (Å²) in [6.07, 6.45) is -3.43. The molecule has 1 atom stereocenters. The van der Waals surface area contributed by atoms with E-state index >= 15 is 0 Å². The Morgan fingerprint density at radius 3 is 2.00 bits per heavy atom. The molecular weight excluding hydrogens is 168 g/mol. The van der Waals surface area contributed by atoms with E-state index in [4.69, 9.17) is 5.11 Å². The van der Waals surface area contributed by atoms with Crippen LogP contribution in [-0.2, 0) is 14.4 Å². The molecule has 0 saturated heterocycles. The highest BCUT2D eigenvalue weighted by Crippen LogP contribution is 1.94. The van der Waals surface area contributed by atoms with Crippen LogP contribution < -0.4 is 10.2 Å². The lowest BCUT2D eigenvalue weighted by Gasteiger charge is -2.09. The molecule has 1 unspecified atom stereocenters. The van der Waals surface area contributed by atoms with Gasteiger partial charge in [0.2, 0.25) is 0 Å². The quantitative estimate of drug-likeness (QED) is 0.427. The average molecular weight is 174 g/mol. The predicted molar refractivity (Wildman–Crippen MR) is 30.3 cm³/mol. The Hall–Kier alpha value is -1.43. The fraction of sp³-hybridized carbons (Fsp3) is 0.500. The number of rotatable bonds is 5. The maximum Gasteiger partial charge on any atom is 0.167 e. The normalized spacial score (nSPS) is 12.1. The van der Waals surface area contributed by atoms with E-state index < -0.39 is 36.7 Å². The molecule has 6 heteroatoms. The van der Waals surface area contributed by atoms with Gasteiger partial charge in [0.15, 0.2) is 11.9 Å². The lowest BCUT2D eigenvalue weighted by molar-refractivity contribution is -0.313. The van der Waals surface area contributed by atoms with Crippen LogP contribution in [0.1, 0.15) is 12.8 Å².